The van der Waals surface area contributed by atoms with E-state index in [1.807, 2.05) is 13.8 Å². The fourth-order valence-electron chi connectivity index (χ4n) is 2.96. The summed E-state index contributed by atoms with van der Waals surface area (Å²) in [6.45, 7) is 3.51. The zero-order valence-electron chi connectivity index (χ0n) is 15.4. The Morgan fingerprint density at radius 2 is 1.85 bits per heavy atom. The maximum Gasteiger partial charge on any atom is 0.336 e. The molecule has 0 aliphatic carbocycles. The van der Waals surface area contributed by atoms with Crippen LogP contribution in [0.25, 0.3) is 16.6 Å². The summed E-state index contributed by atoms with van der Waals surface area (Å²) in [6, 6.07) is 13.4. The van der Waals surface area contributed by atoms with Crippen molar-refractivity contribution in [2.24, 2.45) is 0 Å². The molecule has 0 saturated carbocycles. The number of fused-ring (bicyclic) bond motifs is 1. The number of aromatic nitrogens is 2. The summed E-state index contributed by atoms with van der Waals surface area (Å²) in [5, 5.41) is 3.13. The minimum absolute atomic E-state index is 0.0521. The second kappa shape index (κ2) is 7.49. The summed E-state index contributed by atoms with van der Waals surface area (Å²) in [7, 11) is 1.51. The second-order valence-electron chi connectivity index (χ2n) is 6.45. The quantitative estimate of drug-likeness (QED) is 0.744. The van der Waals surface area contributed by atoms with Crippen LogP contribution in [0, 0.1) is 0 Å². The highest BCUT2D eigenvalue weighted by atomic mass is 16.5. The van der Waals surface area contributed by atoms with Gasteiger partial charge in [0.25, 0.3) is 5.56 Å². The molecule has 1 N–H and O–H groups in total. The van der Waals surface area contributed by atoms with E-state index in [1.54, 1.807) is 48.5 Å². The molecule has 7 heteroatoms. The van der Waals surface area contributed by atoms with Crippen molar-refractivity contribution in [2.45, 2.75) is 26.4 Å². The molecule has 0 aliphatic rings. The van der Waals surface area contributed by atoms with Gasteiger partial charge in [0.05, 0.1) is 23.7 Å². The number of carbonyl (C=O) groups excluding carboxylic acids is 1. The standard InChI is InChI=1S/C20H21N3O4/c1-13(2)21-18(24)12-22-17-10-5-4-9-16(17)19(25)23(20(22)26)14-7-6-8-15(11-14)27-3/h4-11,13H,12H2,1-3H3,(H,21,24). The van der Waals surface area contributed by atoms with Crippen LogP contribution in [0.5, 0.6) is 5.75 Å². The number of amides is 1. The van der Waals surface area contributed by atoms with Gasteiger partial charge in [-0.05, 0) is 38.1 Å². The van der Waals surface area contributed by atoms with E-state index in [-0.39, 0.29) is 18.5 Å². The number of nitrogens with one attached hydrogen (secondary N) is 1. The van der Waals surface area contributed by atoms with Gasteiger partial charge in [-0.3, -0.25) is 14.2 Å². The zero-order chi connectivity index (χ0) is 19.6. The molecular formula is C20H21N3O4. The molecule has 7 nitrogen and oxygen atoms in total. The van der Waals surface area contributed by atoms with E-state index in [1.165, 1.54) is 11.7 Å². The molecule has 1 heterocycles. The van der Waals surface area contributed by atoms with Crippen molar-refractivity contribution >= 4 is 16.8 Å². The van der Waals surface area contributed by atoms with Gasteiger partial charge in [0.15, 0.2) is 0 Å². The average Bonchev–Trinajstić information content (AvgIpc) is 2.65. The molecule has 3 aromatic rings. The molecule has 1 amide bonds. The van der Waals surface area contributed by atoms with E-state index in [4.69, 9.17) is 4.74 Å². The lowest BCUT2D eigenvalue weighted by Crippen LogP contribution is -2.42. The largest absolute Gasteiger partial charge is 0.497 e. The van der Waals surface area contributed by atoms with Crippen LogP contribution >= 0.6 is 0 Å². The third-order valence-corrected chi connectivity index (χ3v) is 4.11. The first-order chi connectivity index (χ1) is 12.9. The van der Waals surface area contributed by atoms with Crippen LogP contribution in [0.2, 0.25) is 0 Å². The van der Waals surface area contributed by atoms with Gasteiger partial charge < -0.3 is 10.1 Å². The molecule has 27 heavy (non-hydrogen) atoms. The number of rotatable bonds is 5. The molecule has 0 saturated heterocycles. The van der Waals surface area contributed by atoms with Gasteiger partial charge in [-0.25, -0.2) is 9.36 Å². The molecule has 0 bridgehead atoms. The number of hydrogen-bond acceptors (Lipinski definition) is 4. The van der Waals surface area contributed by atoms with Crippen molar-refractivity contribution in [2.75, 3.05) is 7.11 Å². The highest BCUT2D eigenvalue weighted by Crippen LogP contribution is 2.15. The van der Waals surface area contributed by atoms with Crippen molar-refractivity contribution in [3.8, 4) is 11.4 Å². The highest BCUT2D eigenvalue weighted by Gasteiger charge is 2.17. The topological polar surface area (TPSA) is 82.3 Å². The summed E-state index contributed by atoms with van der Waals surface area (Å²) < 4.78 is 7.57. The van der Waals surface area contributed by atoms with Crippen molar-refractivity contribution in [3.05, 3.63) is 69.4 Å². The van der Waals surface area contributed by atoms with Crippen molar-refractivity contribution < 1.29 is 9.53 Å². The van der Waals surface area contributed by atoms with Crippen LogP contribution in [-0.2, 0) is 11.3 Å². The molecule has 0 fully saturated rings. The predicted octanol–water partition coefficient (Wildman–Crippen LogP) is 1.69. The smallest absolute Gasteiger partial charge is 0.336 e. The number of methoxy groups -OCH3 is 1. The van der Waals surface area contributed by atoms with Gasteiger partial charge in [0.1, 0.15) is 12.3 Å². The molecule has 0 atom stereocenters. The first-order valence-corrected chi connectivity index (χ1v) is 8.60. The molecule has 3 rings (SSSR count). The SMILES string of the molecule is COc1cccc(-n2c(=O)c3ccccc3n(CC(=O)NC(C)C)c2=O)c1. The van der Waals surface area contributed by atoms with Crippen LogP contribution in [0.15, 0.2) is 58.1 Å². The maximum absolute atomic E-state index is 13.1. The number of benzene rings is 2. The zero-order valence-corrected chi connectivity index (χ0v) is 15.4. The Balaban J connectivity index is 2.27. The van der Waals surface area contributed by atoms with E-state index >= 15 is 0 Å². The molecule has 0 spiro atoms. The van der Waals surface area contributed by atoms with Crippen LogP contribution < -0.4 is 21.3 Å². The van der Waals surface area contributed by atoms with E-state index in [0.717, 1.165) is 4.57 Å². The minimum atomic E-state index is -0.578. The highest BCUT2D eigenvalue weighted by molar-refractivity contribution is 5.82. The predicted molar refractivity (Wildman–Crippen MR) is 104 cm³/mol. The molecule has 140 valence electrons. The molecule has 0 unspecified atom stereocenters. The molecular weight excluding hydrogens is 346 g/mol. The summed E-state index contributed by atoms with van der Waals surface area (Å²) in [4.78, 5) is 38.4. The second-order valence-corrected chi connectivity index (χ2v) is 6.45. The van der Waals surface area contributed by atoms with E-state index in [2.05, 4.69) is 5.32 Å². The average molecular weight is 367 g/mol. The van der Waals surface area contributed by atoms with E-state index < -0.39 is 11.2 Å². The third-order valence-electron chi connectivity index (χ3n) is 4.11. The number of para-hydroxylation sites is 1. The number of carbonyl (C=O) groups is 1. The first kappa shape index (κ1) is 18.4. The summed E-state index contributed by atoms with van der Waals surface area (Å²) in [5.74, 6) is 0.226. The fourth-order valence-corrected chi connectivity index (χ4v) is 2.96. The third kappa shape index (κ3) is 3.62. The molecule has 0 aliphatic heterocycles. The Hall–Kier alpha value is -3.35. The number of hydrogen-bond donors (Lipinski definition) is 1. The Kier molecular flexibility index (Phi) is 5.12. The molecule has 1 aromatic heterocycles. The van der Waals surface area contributed by atoms with Crippen molar-refractivity contribution in [1.82, 2.24) is 14.5 Å². The molecule has 0 radical (unpaired) electrons. The van der Waals surface area contributed by atoms with Gasteiger partial charge in [-0.1, -0.05) is 18.2 Å². The van der Waals surface area contributed by atoms with Gasteiger partial charge in [0.2, 0.25) is 5.91 Å². The normalized spacial score (nSPS) is 11.0. The van der Waals surface area contributed by atoms with Crippen molar-refractivity contribution in [3.63, 3.8) is 0 Å². The number of ether oxygens (including phenoxy) is 1. The Bertz CT molecular complexity index is 1110. The summed E-state index contributed by atoms with van der Waals surface area (Å²) >= 11 is 0. The Morgan fingerprint density at radius 1 is 1.11 bits per heavy atom. The lowest BCUT2D eigenvalue weighted by Gasteiger charge is -2.15. The Labute approximate surface area is 155 Å². The van der Waals surface area contributed by atoms with E-state index in [9.17, 15) is 14.4 Å². The monoisotopic (exact) mass is 367 g/mol. The van der Waals surface area contributed by atoms with Gasteiger partial charge >= 0.3 is 5.69 Å². The van der Waals surface area contributed by atoms with Crippen LogP contribution in [0.1, 0.15) is 13.8 Å². The lowest BCUT2D eigenvalue weighted by molar-refractivity contribution is -0.122. The van der Waals surface area contributed by atoms with Crippen LogP contribution in [0.3, 0.4) is 0 Å². The summed E-state index contributed by atoms with van der Waals surface area (Å²) in [5.41, 5.74) is -0.214. The van der Waals surface area contributed by atoms with Gasteiger partial charge in [0, 0.05) is 12.1 Å². The van der Waals surface area contributed by atoms with Crippen molar-refractivity contribution in [1.29, 1.82) is 0 Å². The van der Waals surface area contributed by atoms with Gasteiger partial charge in [-0.15, -0.1) is 0 Å². The maximum atomic E-state index is 13.1. The Morgan fingerprint density at radius 3 is 2.56 bits per heavy atom. The van der Waals surface area contributed by atoms with Gasteiger partial charge in [-0.2, -0.15) is 0 Å². The van der Waals surface area contributed by atoms with Crippen LogP contribution in [-0.4, -0.2) is 28.2 Å². The fraction of sp³-hybridized carbons (Fsp3) is 0.250. The first-order valence-electron chi connectivity index (χ1n) is 8.60. The molecule has 2 aromatic carbocycles. The summed E-state index contributed by atoms with van der Waals surface area (Å²) in [6.07, 6.45) is 0. The minimum Gasteiger partial charge on any atom is -0.497 e. The van der Waals surface area contributed by atoms with Crippen LogP contribution in [0.4, 0.5) is 0 Å². The lowest BCUT2D eigenvalue weighted by atomic mass is 10.2. The van der Waals surface area contributed by atoms with E-state index in [0.29, 0.717) is 22.3 Å². The number of nitrogens with zero attached hydrogens (tertiary/aromatic N) is 2.